The third-order valence-corrected chi connectivity index (χ3v) is 3.86. The van der Waals surface area contributed by atoms with Crippen molar-refractivity contribution in [3.05, 3.63) is 59.5 Å². The van der Waals surface area contributed by atoms with E-state index in [4.69, 9.17) is 4.84 Å². The van der Waals surface area contributed by atoms with Crippen molar-refractivity contribution < 1.29 is 14.0 Å². The Bertz CT molecular complexity index is 807. The fourth-order valence-electron chi connectivity index (χ4n) is 2.62. The molecule has 7 heteroatoms. The lowest BCUT2D eigenvalue weighted by Gasteiger charge is -2.16. The summed E-state index contributed by atoms with van der Waals surface area (Å²) in [5.74, 6) is 0.191. The number of benzene rings is 1. The normalized spacial score (nSPS) is 16.1. The Morgan fingerprint density at radius 2 is 2.20 bits per heavy atom. The third kappa shape index (κ3) is 3.93. The molecule has 1 aliphatic rings. The molecule has 2 aromatic rings. The molecule has 3 rings (SSSR count). The van der Waals surface area contributed by atoms with Gasteiger partial charge in [0.1, 0.15) is 11.6 Å². The number of hydrogen-bond acceptors (Lipinski definition) is 5. The lowest BCUT2D eigenvalue weighted by molar-refractivity contribution is -0.131. The molecule has 0 saturated carbocycles. The fraction of sp³-hybridized carbons (Fsp3) is 0.278. The molecule has 25 heavy (non-hydrogen) atoms. The molecule has 1 aromatic carbocycles. The van der Waals surface area contributed by atoms with Gasteiger partial charge in [-0.2, -0.15) is 0 Å². The largest absolute Gasteiger partial charge is 0.382 e. The van der Waals surface area contributed by atoms with Crippen LogP contribution < -0.4 is 10.2 Å². The lowest BCUT2D eigenvalue weighted by atomic mass is 10.0. The predicted molar refractivity (Wildman–Crippen MR) is 92.8 cm³/mol. The number of carbonyl (C=O) groups is 1. The maximum absolute atomic E-state index is 13.3. The first-order chi connectivity index (χ1) is 12.0. The number of aromatic nitrogens is 1. The predicted octanol–water partition coefficient (Wildman–Crippen LogP) is 2.10. The number of halogens is 1. The van der Waals surface area contributed by atoms with E-state index in [-0.39, 0.29) is 11.7 Å². The van der Waals surface area contributed by atoms with Gasteiger partial charge in [0.2, 0.25) is 6.10 Å². The van der Waals surface area contributed by atoms with Gasteiger partial charge in [-0.3, -0.25) is 4.79 Å². The molecule has 0 saturated heterocycles. The Balaban J connectivity index is 1.59. The van der Waals surface area contributed by atoms with Crippen LogP contribution in [0.2, 0.25) is 0 Å². The van der Waals surface area contributed by atoms with Crippen LogP contribution in [-0.2, 0) is 16.2 Å². The van der Waals surface area contributed by atoms with E-state index in [0.29, 0.717) is 24.2 Å². The van der Waals surface area contributed by atoms with Crippen LogP contribution in [0, 0.1) is 5.82 Å². The summed E-state index contributed by atoms with van der Waals surface area (Å²) in [7, 11) is 3.79. The molecule has 0 fully saturated rings. The highest BCUT2D eigenvalue weighted by atomic mass is 19.1. The van der Waals surface area contributed by atoms with E-state index in [1.807, 2.05) is 31.1 Å². The smallest absolute Gasteiger partial charge is 0.264 e. The molecule has 1 aromatic heterocycles. The summed E-state index contributed by atoms with van der Waals surface area (Å²) in [5, 5.41) is 6.76. The molecular weight excluding hydrogens is 323 g/mol. The van der Waals surface area contributed by atoms with E-state index in [2.05, 4.69) is 15.5 Å². The van der Waals surface area contributed by atoms with Crippen molar-refractivity contribution in [3.8, 4) is 0 Å². The number of carbonyl (C=O) groups excluding carboxylic acids is 1. The van der Waals surface area contributed by atoms with Crippen LogP contribution in [-0.4, -0.2) is 36.8 Å². The average Bonchev–Trinajstić information content (AvgIpc) is 3.10. The van der Waals surface area contributed by atoms with Crippen molar-refractivity contribution >= 4 is 17.4 Å². The number of nitrogens with one attached hydrogen (secondary N) is 1. The van der Waals surface area contributed by atoms with E-state index in [9.17, 15) is 9.18 Å². The van der Waals surface area contributed by atoms with E-state index in [1.165, 1.54) is 12.1 Å². The lowest BCUT2D eigenvalue weighted by Crippen LogP contribution is -2.34. The summed E-state index contributed by atoms with van der Waals surface area (Å²) in [5.41, 5.74) is 2.09. The minimum atomic E-state index is -0.710. The number of hydrogen-bond donors (Lipinski definition) is 1. The Labute approximate surface area is 145 Å². The second kappa shape index (κ2) is 7.29. The summed E-state index contributed by atoms with van der Waals surface area (Å²) in [4.78, 5) is 23.7. The molecule has 0 radical (unpaired) electrons. The maximum Gasteiger partial charge on any atom is 0.264 e. The van der Waals surface area contributed by atoms with Gasteiger partial charge in [-0.05, 0) is 18.2 Å². The standard InChI is InChI=1S/C18H19FN4O2/c1-23(2)17-13(6-4-8-20-17)11-21-18(24)16-10-15(22-25-16)12-5-3-7-14(19)9-12/h3-9,16H,10-11H2,1-2H3,(H,21,24)/t16-/m0/s1. The zero-order chi connectivity index (χ0) is 17.8. The highest BCUT2D eigenvalue weighted by molar-refractivity contribution is 6.04. The molecule has 2 heterocycles. The Morgan fingerprint density at radius 3 is 2.96 bits per heavy atom. The molecular formula is C18H19FN4O2. The Morgan fingerprint density at radius 1 is 1.36 bits per heavy atom. The molecule has 130 valence electrons. The Kier molecular flexibility index (Phi) is 4.92. The molecule has 0 spiro atoms. The molecule has 6 nitrogen and oxygen atoms in total. The molecule has 0 aliphatic carbocycles. The van der Waals surface area contributed by atoms with Crippen LogP contribution in [0.5, 0.6) is 0 Å². The van der Waals surface area contributed by atoms with Crippen molar-refractivity contribution in [1.82, 2.24) is 10.3 Å². The number of rotatable bonds is 5. The first-order valence-electron chi connectivity index (χ1n) is 7.92. The molecule has 1 aliphatic heterocycles. The minimum absolute atomic E-state index is 0.260. The summed E-state index contributed by atoms with van der Waals surface area (Å²) in [6.45, 7) is 0.343. The van der Waals surface area contributed by atoms with E-state index >= 15 is 0 Å². The van der Waals surface area contributed by atoms with Crippen LogP contribution in [0.15, 0.2) is 47.8 Å². The monoisotopic (exact) mass is 342 g/mol. The second-order valence-corrected chi connectivity index (χ2v) is 5.94. The number of pyridine rings is 1. The quantitative estimate of drug-likeness (QED) is 0.904. The second-order valence-electron chi connectivity index (χ2n) is 5.94. The van der Waals surface area contributed by atoms with Gasteiger partial charge in [-0.1, -0.05) is 23.4 Å². The minimum Gasteiger partial charge on any atom is -0.382 e. The number of anilines is 1. The first kappa shape index (κ1) is 16.9. The van der Waals surface area contributed by atoms with Crippen LogP contribution in [0.3, 0.4) is 0 Å². The van der Waals surface area contributed by atoms with Gasteiger partial charge in [0.15, 0.2) is 0 Å². The van der Waals surface area contributed by atoms with Gasteiger partial charge < -0.3 is 15.1 Å². The maximum atomic E-state index is 13.3. The van der Waals surface area contributed by atoms with Crippen molar-refractivity contribution in [1.29, 1.82) is 0 Å². The van der Waals surface area contributed by atoms with Crippen LogP contribution >= 0.6 is 0 Å². The molecule has 1 atom stereocenters. The summed E-state index contributed by atoms with van der Waals surface area (Å²) >= 11 is 0. The van der Waals surface area contributed by atoms with Crippen LogP contribution in [0.1, 0.15) is 17.5 Å². The molecule has 0 unspecified atom stereocenters. The van der Waals surface area contributed by atoms with E-state index in [1.54, 1.807) is 18.3 Å². The van der Waals surface area contributed by atoms with E-state index in [0.717, 1.165) is 11.4 Å². The summed E-state index contributed by atoms with van der Waals surface area (Å²) in [6, 6.07) is 9.82. The first-order valence-corrected chi connectivity index (χ1v) is 7.92. The van der Waals surface area contributed by atoms with Gasteiger partial charge in [0.25, 0.3) is 5.91 Å². The van der Waals surface area contributed by atoms with Gasteiger partial charge in [-0.25, -0.2) is 9.37 Å². The van der Waals surface area contributed by atoms with Crippen LogP contribution in [0.4, 0.5) is 10.2 Å². The zero-order valence-electron chi connectivity index (χ0n) is 14.1. The van der Waals surface area contributed by atoms with Crippen molar-refractivity contribution in [2.24, 2.45) is 5.16 Å². The number of nitrogens with zero attached hydrogens (tertiary/aromatic N) is 3. The Hall–Kier alpha value is -2.96. The third-order valence-electron chi connectivity index (χ3n) is 3.86. The van der Waals surface area contributed by atoms with E-state index < -0.39 is 6.10 Å². The summed E-state index contributed by atoms with van der Waals surface area (Å²) < 4.78 is 13.3. The zero-order valence-corrected chi connectivity index (χ0v) is 14.1. The highest BCUT2D eigenvalue weighted by Crippen LogP contribution is 2.18. The number of amides is 1. The van der Waals surface area contributed by atoms with Gasteiger partial charge in [-0.15, -0.1) is 0 Å². The van der Waals surface area contributed by atoms with Crippen LogP contribution in [0.25, 0.3) is 0 Å². The molecule has 1 N–H and O–H groups in total. The average molecular weight is 342 g/mol. The van der Waals surface area contributed by atoms with Crippen molar-refractivity contribution in [2.45, 2.75) is 19.1 Å². The van der Waals surface area contributed by atoms with Gasteiger partial charge in [0, 0.05) is 44.4 Å². The summed E-state index contributed by atoms with van der Waals surface area (Å²) in [6.07, 6.45) is 1.31. The molecule has 1 amide bonds. The SMILES string of the molecule is CN(C)c1ncccc1CNC(=O)[C@@H]1CC(c2cccc(F)c2)=NO1. The highest BCUT2D eigenvalue weighted by Gasteiger charge is 2.29. The molecule has 0 bridgehead atoms. The van der Waals surface area contributed by atoms with Gasteiger partial charge >= 0.3 is 0 Å². The number of oxime groups is 1. The topological polar surface area (TPSA) is 66.8 Å². The fourth-order valence-corrected chi connectivity index (χ4v) is 2.62. The van der Waals surface area contributed by atoms with Gasteiger partial charge in [0.05, 0.1) is 5.71 Å². The van der Waals surface area contributed by atoms with Crippen molar-refractivity contribution in [2.75, 3.05) is 19.0 Å². The van der Waals surface area contributed by atoms with Crippen molar-refractivity contribution in [3.63, 3.8) is 0 Å².